The first-order valence-corrected chi connectivity index (χ1v) is 8.89. The molecular weight excluding hydrogens is 355 g/mol. The second-order valence-electron chi connectivity index (χ2n) is 5.87. The number of thiazole rings is 1. The second kappa shape index (κ2) is 6.72. The number of rotatable bonds is 4. The molecule has 1 saturated heterocycles. The van der Waals surface area contributed by atoms with Gasteiger partial charge >= 0.3 is 6.03 Å². The predicted octanol–water partition coefficient (Wildman–Crippen LogP) is 3.32. The van der Waals surface area contributed by atoms with Crippen LogP contribution in [0.2, 0.25) is 0 Å². The van der Waals surface area contributed by atoms with Gasteiger partial charge in [-0.2, -0.15) is 0 Å². The zero-order chi connectivity index (χ0) is 18.1. The van der Waals surface area contributed by atoms with Gasteiger partial charge in [-0.15, -0.1) is 0 Å². The molecule has 0 radical (unpaired) electrons. The minimum Gasteiger partial charge on any atom is -0.313 e. The number of carbonyl (C=O) groups excluding carboxylic acids is 2. The minimum absolute atomic E-state index is 0.0492. The average molecular weight is 370 g/mol. The normalized spacial score (nSPS) is 14.3. The third kappa shape index (κ3) is 3.23. The van der Waals surface area contributed by atoms with E-state index >= 15 is 0 Å². The highest BCUT2D eigenvalue weighted by molar-refractivity contribution is 7.22. The largest absolute Gasteiger partial charge is 0.325 e. The molecule has 6 nitrogen and oxygen atoms in total. The lowest BCUT2D eigenvalue weighted by molar-refractivity contribution is -0.116. The van der Waals surface area contributed by atoms with Crippen LogP contribution in [0.3, 0.4) is 0 Å². The second-order valence-corrected chi connectivity index (χ2v) is 6.90. The van der Waals surface area contributed by atoms with Gasteiger partial charge in [0.25, 0.3) is 0 Å². The van der Waals surface area contributed by atoms with Gasteiger partial charge in [0.2, 0.25) is 5.91 Å². The number of halogens is 1. The Labute approximate surface area is 152 Å². The van der Waals surface area contributed by atoms with E-state index in [0.717, 1.165) is 10.2 Å². The Hall–Kier alpha value is -3.00. The predicted molar refractivity (Wildman–Crippen MR) is 99.0 cm³/mol. The zero-order valence-corrected chi connectivity index (χ0v) is 14.5. The summed E-state index contributed by atoms with van der Waals surface area (Å²) < 4.78 is 14.0. The molecule has 8 heteroatoms. The summed E-state index contributed by atoms with van der Waals surface area (Å²) in [5, 5.41) is 3.26. The molecule has 0 spiro atoms. The van der Waals surface area contributed by atoms with Gasteiger partial charge in [-0.25, -0.2) is 14.2 Å². The maximum atomic E-state index is 13.0. The molecule has 1 aliphatic rings. The Morgan fingerprint density at radius 1 is 1.15 bits per heavy atom. The number of para-hydroxylation sites is 1. The van der Waals surface area contributed by atoms with E-state index in [-0.39, 0.29) is 24.3 Å². The molecule has 2 heterocycles. The van der Waals surface area contributed by atoms with Gasteiger partial charge in [-0.3, -0.25) is 9.69 Å². The van der Waals surface area contributed by atoms with Crippen LogP contribution in [-0.4, -0.2) is 41.5 Å². The molecule has 0 bridgehead atoms. The summed E-state index contributed by atoms with van der Waals surface area (Å²) in [7, 11) is 0. The highest BCUT2D eigenvalue weighted by Crippen LogP contribution is 2.25. The van der Waals surface area contributed by atoms with Crippen LogP contribution < -0.4 is 10.2 Å². The number of anilines is 2. The standard InChI is InChI=1S/C18H15FN4O2S/c19-12-5-7-13(8-6-12)23-10-9-22(18(23)25)11-16(24)21-17-20-14-3-1-2-4-15(14)26-17/h1-8H,9-11H2,(H,20,21,24). The van der Waals surface area contributed by atoms with E-state index in [2.05, 4.69) is 10.3 Å². The summed E-state index contributed by atoms with van der Waals surface area (Å²) in [5.41, 5.74) is 1.44. The van der Waals surface area contributed by atoms with Crippen molar-refractivity contribution in [2.24, 2.45) is 0 Å². The molecule has 4 rings (SSSR count). The van der Waals surface area contributed by atoms with Gasteiger partial charge in [-0.1, -0.05) is 23.5 Å². The van der Waals surface area contributed by atoms with Crippen molar-refractivity contribution in [1.29, 1.82) is 0 Å². The van der Waals surface area contributed by atoms with Gasteiger partial charge < -0.3 is 10.2 Å². The SMILES string of the molecule is O=C(CN1CCN(c2ccc(F)cc2)C1=O)Nc1nc2ccccc2s1. The topological polar surface area (TPSA) is 65.5 Å². The fourth-order valence-electron chi connectivity index (χ4n) is 2.85. The Balaban J connectivity index is 1.40. The number of fused-ring (bicyclic) bond motifs is 1. The highest BCUT2D eigenvalue weighted by atomic mass is 32.1. The Morgan fingerprint density at radius 2 is 1.92 bits per heavy atom. The van der Waals surface area contributed by atoms with Gasteiger partial charge in [0, 0.05) is 18.8 Å². The van der Waals surface area contributed by atoms with Crippen molar-refractivity contribution >= 4 is 44.3 Å². The van der Waals surface area contributed by atoms with E-state index in [4.69, 9.17) is 0 Å². The molecular formula is C18H15FN4O2S. The summed E-state index contributed by atoms with van der Waals surface area (Å²) in [6.07, 6.45) is 0. The minimum atomic E-state index is -0.354. The molecule has 3 amide bonds. The maximum absolute atomic E-state index is 13.0. The molecule has 2 aromatic carbocycles. The van der Waals surface area contributed by atoms with Crippen LogP contribution in [0.15, 0.2) is 48.5 Å². The van der Waals surface area contributed by atoms with Crippen LogP contribution >= 0.6 is 11.3 Å². The molecule has 1 fully saturated rings. The molecule has 26 heavy (non-hydrogen) atoms. The molecule has 0 unspecified atom stereocenters. The lowest BCUT2D eigenvalue weighted by Crippen LogP contribution is -2.37. The van der Waals surface area contributed by atoms with Gasteiger partial charge in [0.15, 0.2) is 5.13 Å². The molecule has 1 N–H and O–H groups in total. The summed E-state index contributed by atoms with van der Waals surface area (Å²) in [6.45, 7) is 0.842. The van der Waals surface area contributed by atoms with Crippen LogP contribution in [0.5, 0.6) is 0 Å². The Morgan fingerprint density at radius 3 is 2.69 bits per heavy atom. The lowest BCUT2D eigenvalue weighted by Gasteiger charge is -2.18. The van der Waals surface area contributed by atoms with E-state index in [0.29, 0.717) is 23.9 Å². The Bertz CT molecular complexity index is 940. The van der Waals surface area contributed by atoms with Crippen molar-refractivity contribution < 1.29 is 14.0 Å². The summed E-state index contributed by atoms with van der Waals surface area (Å²) >= 11 is 1.39. The summed E-state index contributed by atoms with van der Waals surface area (Å²) in [4.78, 5) is 32.1. The zero-order valence-electron chi connectivity index (χ0n) is 13.7. The number of benzene rings is 2. The van der Waals surface area contributed by atoms with E-state index in [9.17, 15) is 14.0 Å². The summed E-state index contributed by atoms with van der Waals surface area (Å²) in [5.74, 6) is -0.647. The maximum Gasteiger partial charge on any atom is 0.325 e. The molecule has 0 atom stereocenters. The monoisotopic (exact) mass is 370 g/mol. The third-order valence-corrected chi connectivity index (χ3v) is 5.06. The van der Waals surface area contributed by atoms with E-state index in [1.807, 2.05) is 24.3 Å². The van der Waals surface area contributed by atoms with Crippen molar-refractivity contribution in [2.45, 2.75) is 0 Å². The van der Waals surface area contributed by atoms with Gasteiger partial charge in [0.1, 0.15) is 12.4 Å². The number of urea groups is 1. The number of carbonyl (C=O) groups is 2. The van der Waals surface area contributed by atoms with Gasteiger partial charge in [0.05, 0.1) is 10.2 Å². The molecule has 3 aromatic rings. The highest BCUT2D eigenvalue weighted by Gasteiger charge is 2.30. The van der Waals surface area contributed by atoms with Gasteiger partial charge in [-0.05, 0) is 36.4 Å². The molecule has 1 aromatic heterocycles. The van der Waals surface area contributed by atoms with E-state index < -0.39 is 0 Å². The first-order chi connectivity index (χ1) is 12.6. The number of amides is 3. The molecule has 1 aliphatic heterocycles. The molecule has 0 saturated carbocycles. The number of hydrogen-bond acceptors (Lipinski definition) is 4. The van der Waals surface area contributed by atoms with Crippen molar-refractivity contribution in [2.75, 3.05) is 29.9 Å². The van der Waals surface area contributed by atoms with Crippen LogP contribution in [0.4, 0.5) is 20.0 Å². The average Bonchev–Trinajstić information content (AvgIpc) is 3.19. The smallest absolute Gasteiger partial charge is 0.313 e. The van der Waals surface area contributed by atoms with Crippen molar-refractivity contribution in [1.82, 2.24) is 9.88 Å². The van der Waals surface area contributed by atoms with Crippen LogP contribution in [-0.2, 0) is 4.79 Å². The van der Waals surface area contributed by atoms with E-state index in [1.165, 1.54) is 33.3 Å². The number of aromatic nitrogens is 1. The Kier molecular flexibility index (Phi) is 4.26. The first-order valence-electron chi connectivity index (χ1n) is 8.07. The van der Waals surface area contributed by atoms with Crippen LogP contribution in [0, 0.1) is 5.82 Å². The third-order valence-electron chi connectivity index (χ3n) is 4.11. The van der Waals surface area contributed by atoms with Crippen LogP contribution in [0.1, 0.15) is 0 Å². The van der Waals surface area contributed by atoms with Crippen molar-refractivity contribution in [3.8, 4) is 0 Å². The number of nitrogens with one attached hydrogen (secondary N) is 1. The molecule has 132 valence electrons. The fourth-order valence-corrected chi connectivity index (χ4v) is 3.73. The van der Waals surface area contributed by atoms with Crippen molar-refractivity contribution in [3.63, 3.8) is 0 Å². The number of hydrogen-bond donors (Lipinski definition) is 1. The lowest BCUT2D eigenvalue weighted by atomic mass is 10.3. The quantitative estimate of drug-likeness (QED) is 0.766. The van der Waals surface area contributed by atoms with E-state index in [1.54, 1.807) is 12.1 Å². The van der Waals surface area contributed by atoms with Crippen molar-refractivity contribution in [3.05, 3.63) is 54.3 Å². The fraction of sp³-hybridized carbons (Fsp3) is 0.167. The summed E-state index contributed by atoms with van der Waals surface area (Å²) in [6, 6.07) is 13.1. The number of nitrogens with zero attached hydrogens (tertiary/aromatic N) is 3. The van der Waals surface area contributed by atoms with Crippen LogP contribution in [0.25, 0.3) is 10.2 Å². The first kappa shape index (κ1) is 16.5. The molecule has 0 aliphatic carbocycles.